The first-order chi connectivity index (χ1) is 10.1. The van der Waals surface area contributed by atoms with E-state index < -0.39 is 0 Å². The van der Waals surface area contributed by atoms with E-state index in [2.05, 4.69) is 65.6 Å². The minimum absolute atomic E-state index is 0.458. The monoisotopic (exact) mass is 284 g/mol. The highest BCUT2D eigenvalue weighted by Gasteiger charge is 2.04. The second kappa shape index (κ2) is 7.74. The number of hydrogen-bond donors (Lipinski definition) is 1. The van der Waals surface area contributed by atoms with E-state index in [1.807, 2.05) is 18.2 Å². The molecule has 0 fully saturated rings. The van der Waals surface area contributed by atoms with E-state index in [-0.39, 0.29) is 0 Å². The largest absolute Gasteiger partial charge is 0.358 e. The number of likely N-dealkylation sites (N-methyl/N-ethyl adjacent to an activating group) is 1. The summed E-state index contributed by atoms with van der Waals surface area (Å²) in [7, 11) is 2.05. The highest BCUT2D eigenvalue weighted by molar-refractivity contribution is 5.36. The Morgan fingerprint density at radius 1 is 1.05 bits per heavy atom. The Hall–Kier alpha value is -1.94. The number of aromatic nitrogens is 2. The summed E-state index contributed by atoms with van der Waals surface area (Å²) in [6.07, 6.45) is 1.01. The Morgan fingerprint density at radius 2 is 1.81 bits per heavy atom. The van der Waals surface area contributed by atoms with Gasteiger partial charge in [0.25, 0.3) is 0 Å². The summed E-state index contributed by atoms with van der Waals surface area (Å²) >= 11 is 0. The van der Waals surface area contributed by atoms with Gasteiger partial charge in [-0.15, -0.1) is 5.10 Å². The van der Waals surface area contributed by atoms with Crippen molar-refractivity contribution in [2.24, 2.45) is 0 Å². The maximum absolute atomic E-state index is 4.30. The van der Waals surface area contributed by atoms with Crippen molar-refractivity contribution in [3.8, 4) is 0 Å². The highest BCUT2D eigenvalue weighted by Crippen LogP contribution is 2.09. The first-order valence-corrected chi connectivity index (χ1v) is 7.46. The molecule has 1 heterocycles. The second-order valence-electron chi connectivity index (χ2n) is 5.58. The predicted octanol–water partition coefficient (Wildman–Crippen LogP) is 2.65. The van der Waals surface area contributed by atoms with Gasteiger partial charge in [-0.3, -0.25) is 0 Å². The van der Waals surface area contributed by atoms with Crippen molar-refractivity contribution in [3.63, 3.8) is 0 Å². The molecule has 0 atom stereocenters. The van der Waals surface area contributed by atoms with Crippen molar-refractivity contribution in [3.05, 3.63) is 53.7 Å². The second-order valence-corrected chi connectivity index (χ2v) is 5.58. The minimum atomic E-state index is 0.458. The van der Waals surface area contributed by atoms with Crippen molar-refractivity contribution < 1.29 is 0 Å². The van der Waals surface area contributed by atoms with Crippen LogP contribution in [0.25, 0.3) is 0 Å². The first kappa shape index (κ1) is 15.4. The molecule has 0 spiro atoms. The van der Waals surface area contributed by atoms with Gasteiger partial charge in [0, 0.05) is 26.2 Å². The van der Waals surface area contributed by atoms with E-state index in [1.165, 1.54) is 5.56 Å². The average molecular weight is 284 g/mol. The molecule has 0 bridgehead atoms. The van der Waals surface area contributed by atoms with Crippen LogP contribution in [0.3, 0.4) is 0 Å². The number of nitrogens with zero attached hydrogens (tertiary/aromatic N) is 3. The molecule has 0 amide bonds. The lowest BCUT2D eigenvalue weighted by Gasteiger charge is -2.17. The van der Waals surface area contributed by atoms with E-state index in [1.54, 1.807) is 0 Å². The summed E-state index contributed by atoms with van der Waals surface area (Å²) in [6, 6.07) is 15.0. The zero-order chi connectivity index (χ0) is 15.1. The van der Waals surface area contributed by atoms with Gasteiger partial charge in [-0.05, 0) is 24.1 Å². The van der Waals surface area contributed by atoms with Gasteiger partial charge < -0.3 is 10.2 Å². The molecule has 4 heteroatoms. The van der Waals surface area contributed by atoms with Crippen LogP contribution in [0.4, 0.5) is 5.82 Å². The van der Waals surface area contributed by atoms with E-state index in [0.29, 0.717) is 6.04 Å². The van der Waals surface area contributed by atoms with Gasteiger partial charge in [0.2, 0.25) is 0 Å². The summed E-state index contributed by atoms with van der Waals surface area (Å²) in [5.74, 6) is 0.916. The Kier molecular flexibility index (Phi) is 5.69. The van der Waals surface area contributed by atoms with Crippen LogP contribution < -0.4 is 10.2 Å². The Bertz CT molecular complexity index is 522. The number of benzene rings is 1. The molecule has 0 saturated heterocycles. The molecule has 112 valence electrons. The van der Waals surface area contributed by atoms with Crippen LogP contribution in [0, 0.1) is 0 Å². The topological polar surface area (TPSA) is 41.0 Å². The SMILES string of the molecule is CC(C)NCc1ccc(N(C)CCc2ccccc2)nn1. The van der Waals surface area contributed by atoms with Gasteiger partial charge in [-0.2, -0.15) is 5.10 Å². The predicted molar refractivity (Wildman–Crippen MR) is 87.4 cm³/mol. The molecular weight excluding hydrogens is 260 g/mol. The number of nitrogens with one attached hydrogen (secondary N) is 1. The molecular formula is C17H24N4. The normalized spacial score (nSPS) is 10.9. The van der Waals surface area contributed by atoms with Gasteiger partial charge in [0.15, 0.2) is 5.82 Å². The lowest BCUT2D eigenvalue weighted by molar-refractivity contribution is 0.577. The zero-order valence-corrected chi connectivity index (χ0v) is 13.1. The van der Waals surface area contributed by atoms with E-state index in [0.717, 1.165) is 31.0 Å². The molecule has 0 saturated carbocycles. The molecule has 2 rings (SSSR count). The third-order valence-electron chi connectivity index (χ3n) is 3.37. The molecule has 4 nitrogen and oxygen atoms in total. The zero-order valence-electron chi connectivity index (χ0n) is 13.1. The molecule has 2 aromatic rings. The lowest BCUT2D eigenvalue weighted by atomic mass is 10.1. The molecule has 1 N–H and O–H groups in total. The third kappa shape index (κ3) is 5.16. The van der Waals surface area contributed by atoms with Crippen LogP contribution in [0.15, 0.2) is 42.5 Å². The summed E-state index contributed by atoms with van der Waals surface area (Å²) in [6.45, 7) is 5.94. The lowest BCUT2D eigenvalue weighted by Crippen LogP contribution is -2.24. The first-order valence-electron chi connectivity index (χ1n) is 7.46. The van der Waals surface area contributed by atoms with Crippen LogP contribution in [-0.2, 0) is 13.0 Å². The summed E-state index contributed by atoms with van der Waals surface area (Å²) < 4.78 is 0. The van der Waals surface area contributed by atoms with Crippen molar-refractivity contribution in [2.75, 3.05) is 18.5 Å². The van der Waals surface area contributed by atoms with Gasteiger partial charge in [-0.25, -0.2) is 0 Å². The molecule has 1 aromatic heterocycles. The maximum atomic E-state index is 4.30. The summed E-state index contributed by atoms with van der Waals surface area (Å²) in [5.41, 5.74) is 2.32. The molecule has 0 aliphatic heterocycles. The summed E-state index contributed by atoms with van der Waals surface area (Å²) in [4.78, 5) is 2.14. The van der Waals surface area contributed by atoms with Gasteiger partial charge in [0.05, 0.1) is 5.69 Å². The van der Waals surface area contributed by atoms with Crippen molar-refractivity contribution in [1.29, 1.82) is 0 Å². The highest BCUT2D eigenvalue weighted by atomic mass is 15.2. The standard InChI is InChI=1S/C17H24N4/c1-14(2)18-13-16-9-10-17(20-19-16)21(3)12-11-15-7-5-4-6-8-15/h4-10,14,18H,11-13H2,1-3H3. The summed E-state index contributed by atoms with van der Waals surface area (Å²) in [5, 5.41) is 11.9. The van der Waals surface area contributed by atoms with E-state index in [9.17, 15) is 0 Å². The van der Waals surface area contributed by atoms with Crippen molar-refractivity contribution >= 4 is 5.82 Å². The van der Waals surface area contributed by atoms with E-state index in [4.69, 9.17) is 0 Å². The van der Waals surface area contributed by atoms with Gasteiger partial charge in [0.1, 0.15) is 0 Å². The van der Waals surface area contributed by atoms with Crippen molar-refractivity contribution in [1.82, 2.24) is 15.5 Å². The minimum Gasteiger partial charge on any atom is -0.358 e. The van der Waals surface area contributed by atoms with Crippen molar-refractivity contribution in [2.45, 2.75) is 32.9 Å². The van der Waals surface area contributed by atoms with E-state index >= 15 is 0 Å². The van der Waals surface area contributed by atoms with Crippen LogP contribution in [-0.4, -0.2) is 29.8 Å². The fourth-order valence-electron chi connectivity index (χ4n) is 2.02. The molecule has 1 aromatic carbocycles. The fraction of sp³-hybridized carbons (Fsp3) is 0.412. The van der Waals surface area contributed by atoms with Crippen LogP contribution in [0.2, 0.25) is 0 Å². The molecule has 0 radical (unpaired) electrons. The average Bonchev–Trinajstić information content (AvgIpc) is 2.52. The molecule has 0 aliphatic carbocycles. The maximum Gasteiger partial charge on any atom is 0.150 e. The number of rotatable bonds is 7. The number of hydrogen-bond acceptors (Lipinski definition) is 4. The smallest absolute Gasteiger partial charge is 0.150 e. The molecule has 0 unspecified atom stereocenters. The Balaban J connectivity index is 1.86. The number of anilines is 1. The van der Waals surface area contributed by atoms with Crippen LogP contribution >= 0.6 is 0 Å². The van der Waals surface area contributed by atoms with Crippen LogP contribution in [0.1, 0.15) is 25.1 Å². The van der Waals surface area contributed by atoms with Gasteiger partial charge >= 0.3 is 0 Å². The molecule has 0 aliphatic rings. The Morgan fingerprint density at radius 3 is 2.43 bits per heavy atom. The van der Waals surface area contributed by atoms with Crippen LogP contribution in [0.5, 0.6) is 0 Å². The van der Waals surface area contributed by atoms with Gasteiger partial charge in [-0.1, -0.05) is 44.2 Å². The third-order valence-corrected chi connectivity index (χ3v) is 3.37. The molecule has 21 heavy (non-hydrogen) atoms. The fourth-order valence-corrected chi connectivity index (χ4v) is 2.02. The quantitative estimate of drug-likeness (QED) is 0.848. The Labute approximate surface area is 127 Å².